The van der Waals surface area contributed by atoms with Crippen molar-refractivity contribution in [1.82, 2.24) is 14.5 Å². The molecule has 3 aliphatic rings. The maximum Gasteiger partial charge on any atom is 0.213 e. The highest BCUT2D eigenvalue weighted by atomic mass is 16.5. The number of nitrogens with one attached hydrogen (secondary N) is 1. The van der Waals surface area contributed by atoms with Gasteiger partial charge in [0.25, 0.3) is 0 Å². The van der Waals surface area contributed by atoms with E-state index in [0.717, 1.165) is 38.7 Å². The van der Waals surface area contributed by atoms with Gasteiger partial charge < -0.3 is 19.4 Å². The Kier molecular flexibility index (Phi) is 4.45. The number of imidazole rings is 1. The van der Waals surface area contributed by atoms with E-state index in [1.807, 2.05) is 6.20 Å². The maximum atomic E-state index is 6.03. The van der Waals surface area contributed by atoms with Crippen molar-refractivity contribution in [3.63, 3.8) is 0 Å². The van der Waals surface area contributed by atoms with Gasteiger partial charge in [0.05, 0.1) is 31.0 Å². The van der Waals surface area contributed by atoms with Gasteiger partial charge in [-0.15, -0.1) is 0 Å². The number of pyridine rings is 1. The molecule has 3 atom stereocenters. The predicted octanol–water partition coefficient (Wildman–Crippen LogP) is 4.08. The Balaban J connectivity index is 1.27. The summed E-state index contributed by atoms with van der Waals surface area (Å²) in [4.78, 5) is 9.39. The number of nitrogens with zero attached hydrogens (tertiary/aromatic N) is 3. The average molecular weight is 402 g/mol. The second-order valence-electron chi connectivity index (χ2n) is 8.42. The zero-order chi connectivity index (χ0) is 19.9. The molecule has 0 radical (unpaired) electrons. The lowest BCUT2D eigenvalue weighted by Gasteiger charge is -2.28. The zero-order valence-electron chi connectivity index (χ0n) is 17.0. The number of ether oxygens (including phenoxy) is 2. The molecule has 3 aromatic rings. The molecule has 2 unspecified atom stereocenters. The van der Waals surface area contributed by atoms with Crippen LogP contribution >= 0.6 is 0 Å². The quantitative estimate of drug-likeness (QED) is 0.713. The van der Waals surface area contributed by atoms with Crippen LogP contribution < -0.4 is 10.1 Å². The maximum absolute atomic E-state index is 6.03. The van der Waals surface area contributed by atoms with Crippen LogP contribution in [0.2, 0.25) is 0 Å². The number of aryl methyl sites for hydroxylation is 2. The third kappa shape index (κ3) is 3.16. The molecule has 0 saturated carbocycles. The second kappa shape index (κ2) is 7.43. The highest BCUT2D eigenvalue weighted by Gasteiger charge is 2.33. The Labute approximate surface area is 176 Å². The summed E-state index contributed by atoms with van der Waals surface area (Å²) in [5, 5.41) is 3.81. The van der Waals surface area contributed by atoms with Gasteiger partial charge in [0.1, 0.15) is 17.7 Å². The van der Waals surface area contributed by atoms with Crippen molar-refractivity contribution < 1.29 is 9.47 Å². The summed E-state index contributed by atoms with van der Waals surface area (Å²) in [6, 6.07) is 15.6. The van der Waals surface area contributed by atoms with E-state index in [2.05, 4.69) is 57.3 Å². The van der Waals surface area contributed by atoms with E-state index >= 15 is 0 Å². The van der Waals surface area contributed by atoms with Gasteiger partial charge in [0, 0.05) is 25.1 Å². The summed E-state index contributed by atoms with van der Waals surface area (Å²) in [5.74, 6) is 3.09. The Morgan fingerprint density at radius 3 is 2.83 bits per heavy atom. The van der Waals surface area contributed by atoms with E-state index in [1.165, 1.54) is 28.5 Å². The SMILES string of the molecule is c1ccc([C@H]2CCc3nc4c(n32)NC(c2ccnc(OC3CCOC3)c2)CC4)cc1. The fraction of sp³-hybridized carbons (Fsp3) is 0.417. The molecule has 1 saturated heterocycles. The lowest BCUT2D eigenvalue weighted by Crippen LogP contribution is -2.22. The number of hydrogen-bond donors (Lipinski definition) is 1. The number of anilines is 1. The van der Waals surface area contributed by atoms with Gasteiger partial charge in [0.2, 0.25) is 5.88 Å². The minimum Gasteiger partial charge on any atom is -0.472 e. The van der Waals surface area contributed by atoms with Crippen LogP contribution in [0.5, 0.6) is 5.88 Å². The lowest BCUT2D eigenvalue weighted by molar-refractivity contribution is 0.138. The van der Waals surface area contributed by atoms with Crippen LogP contribution in [-0.2, 0) is 17.6 Å². The first kappa shape index (κ1) is 18.0. The van der Waals surface area contributed by atoms with Crippen LogP contribution in [0.25, 0.3) is 0 Å². The van der Waals surface area contributed by atoms with Crippen molar-refractivity contribution in [3.05, 3.63) is 71.3 Å². The molecule has 0 spiro atoms. The van der Waals surface area contributed by atoms with Crippen LogP contribution in [-0.4, -0.2) is 33.9 Å². The van der Waals surface area contributed by atoms with E-state index < -0.39 is 0 Å². The molecule has 6 nitrogen and oxygen atoms in total. The highest BCUT2D eigenvalue weighted by Crippen LogP contribution is 2.41. The van der Waals surface area contributed by atoms with Gasteiger partial charge >= 0.3 is 0 Å². The molecule has 30 heavy (non-hydrogen) atoms. The molecule has 154 valence electrons. The first-order valence-electron chi connectivity index (χ1n) is 11.0. The van der Waals surface area contributed by atoms with E-state index in [1.54, 1.807) is 0 Å². The van der Waals surface area contributed by atoms with Crippen molar-refractivity contribution in [3.8, 4) is 5.88 Å². The first-order valence-corrected chi connectivity index (χ1v) is 11.0. The standard InChI is InChI=1S/C24H26N4O2/c1-2-4-16(5-3-1)21-8-9-22-26-20-7-6-19(27-24(20)28(21)22)17-10-12-25-23(14-17)30-18-11-13-29-15-18/h1-5,10,12,14,18-19,21,27H,6-9,11,13,15H2/t18?,19?,21-/m1/s1. The molecular weight excluding hydrogens is 376 g/mol. The number of rotatable bonds is 4. The molecule has 5 heterocycles. The van der Waals surface area contributed by atoms with Gasteiger partial charge in [-0.2, -0.15) is 0 Å². The topological polar surface area (TPSA) is 61.2 Å². The Bertz CT molecular complexity index is 1040. The molecule has 3 aliphatic heterocycles. The van der Waals surface area contributed by atoms with Gasteiger partial charge in [-0.05, 0) is 36.5 Å². The van der Waals surface area contributed by atoms with Crippen molar-refractivity contribution in [2.24, 2.45) is 0 Å². The molecule has 0 amide bonds. The Morgan fingerprint density at radius 2 is 1.97 bits per heavy atom. The van der Waals surface area contributed by atoms with E-state index in [4.69, 9.17) is 14.5 Å². The largest absolute Gasteiger partial charge is 0.472 e. The highest BCUT2D eigenvalue weighted by molar-refractivity contribution is 5.51. The lowest BCUT2D eigenvalue weighted by atomic mass is 9.98. The van der Waals surface area contributed by atoms with Gasteiger partial charge in [-0.3, -0.25) is 0 Å². The van der Waals surface area contributed by atoms with Crippen LogP contribution in [0.15, 0.2) is 48.7 Å². The van der Waals surface area contributed by atoms with Crippen molar-refractivity contribution >= 4 is 5.82 Å². The molecule has 6 heteroatoms. The van der Waals surface area contributed by atoms with E-state index in [-0.39, 0.29) is 12.1 Å². The van der Waals surface area contributed by atoms with Crippen molar-refractivity contribution in [2.75, 3.05) is 18.5 Å². The summed E-state index contributed by atoms with van der Waals surface area (Å²) < 4.78 is 13.9. The monoisotopic (exact) mass is 402 g/mol. The zero-order valence-corrected chi connectivity index (χ0v) is 17.0. The van der Waals surface area contributed by atoms with Crippen molar-refractivity contribution in [1.29, 1.82) is 0 Å². The average Bonchev–Trinajstić information content (AvgIpc) is 3.51. The minimum absolute atomic E-state index is 0.114. The molecule has 1 N–H and O–H groups in total. The summed E-state index contributed by atoms with van der Waals surface area (Å²) in [7, 11) is 0. The summed E-state index contributed by atoms with van der Waals surface area (Å²) in [6.07, 6.45) is 7.06. The molecule has 2 aromatic heterocycles. The molecule has 0 bridgehead atoms. The third-order valence-electron chi connectivity index (χ3n) is 6.51. The van der Waals surface area contributed by atoms with Crippen LogP contribution in [0.1, 0.15) is 54.0 Å². The smallest absolute Gasteiger partial charge is 0.213 e. The Hall–Kier alpha value is -2.86. The fourth-order valence-corrected chi connectivity index (χ4v) is 5.01. The summed E-state index contributed by atoms with van der Waals surface area (Å²) >= 11 is 0. The number of fused-ring (bicyclic) bond motifs is 3. The van der Waals surface area contributed by atoms with E-state index in [0.29, 0.717) is 18.5 Å². The van der Waals surface area contributed by atoms with E-state index in [9.17, 15) is 0 Å². The number of aromatic nitrogens is 3. The van der Waals surface area contributed by atoms with Crippen LogP contribution in [0, 0.1) is 0 Å². The van der Waals surface area contributed by atoms with Gasteiger partial charge in [-0.1, -0.05) is 30.3 Å². The van der Waals surface area contributed by atoms with Crippen LogP contribution in [0.4, 0.5) is 5.82 Å². The normalized spacial score (nSPS) is 24.9. The molecule has 1 aromatic carbocycles. The second-order valence-corrected chi connectivity index (χ2v) is 8.42. The summed E-state index contributed by atoms with van der Waals surface area (Å²) in [6.45, 7) is 1.42. The molecule has 1 fully saturated rings. The number of benzene rings is 1. The van der Waals surface area contributed by atoms with Crippen LogP contribution in [0.3, 0.4) is 0 Å². The van der Waals surface area contributed by atoms with Gasteiger partial charge in [0.15, 0.2) is 0 Å². The predicted molar refractivity (Wildman–Crippen MR) is 114 cm³/mol. The Morgan fingerprint density at radius 1 is 1.03 bits per heavy atom. The van der Waals surface area contributed by atoms with Crippen molar-refractivity contribution in [2.45, 2.75) is 50.3 Å². The summed E-state index contributed by atoms with van der Waals surface area (Å²) in [5.41, 5.74) is 3.78. The molecule has 0 aliphatic carbocycles. The molecule has 6 rings (SSSR count). The first-order chi connectivity index (χ1) is 14.8. The minimum atomic E-state index is 0.114. The van der Waals surface area contributed by atoms with Gasteiger partial charge in [-0.25, -0.2) is 9.97 Å². The third-order valence-corrected chi connectivity index (χ3v) is 6.51. The number of hydrogen-bond acceptors (Lipinski definition) is 5. The molecular formula is C24H26N4O2. The fourth-order valence-electron chi connectivity index (χ4n) is 5.01.